The van der Waals surface area contributed by atoms with Crippen LogP contribution >= 0.6 is 0 Å². The van der Waals surface area contributed by atoms with Gasteiger partial charge in [0.15, 0.2) is 0 Å². The van der Waals surface area contributed by atoms with Gasteiger partial charge in [0.05, 0.1) is 18.2 Å². The average Bonchev–Trinajstić information content (AvgIpc) is 2.81. The predicted octanol–water partition coefficient (Wildman–Crippen LogP) is 3.27. The van der Waals surface area contributed by atoms with Crippen LogP contribution in [0.3, 0.4) is 0 Å². The first-order chi connectivity index (χ1) is 16.8. The first-order valence-electron chi connectivity index (χ1n) is 12.9. The Morgan fingerprint density at radius 3 is 2.29 bits per heavy atom. The molecular weight excluding hydrogens is 444 g/mol. The van der Waals surface area contributed by atoms with E-state index in [2.05, 4.69) is 24.1 Å². The molecule has 1 saturated carbocycles. The Bertz CT molecular complexity index is 975. The zero-order valence-electron chi connectivity index (χ0n) is 21.4. The molecule has 2 fully saturated rings. The highest BCUT2D eigenvalue weighted by Gasteiger charge is 2.38. The number of hydrogen-bond acceptors (Lipinski definition) is 5. The lowest BCUT2D eigenvalue weighted by molar-refractivity contribution is -0.140. The highest BCUT2D eigenvalue weighted by atomic mass is 16.5. The summed E-state index contributed by atoms with van der Waals surface area (Å²) in [6.45, 7) is 9.53. The van der Waals surface area contributed by atoms with Crippen LogP contribution < -0.4 is 5.32 Å². The summed E-state index contributed by atoms with van der Waals surface area (Å²) in [7, 11) is 1.69. The number of nitrogens with one attached hydrogen (secondary N) is 1. The number of hydrogen-bond donors (Lipinski definition) is 1. The lowest BCUT2D eigenvalue weighted by Crippen LogP contribution is -2.54. The second-order valence-corrected chi connectivity index (χ2v) is 10.1. The molecule has 0 radical (unpaired) electrons. The summed E-state index contributed by atoms with van der Waals surface area (Å²) in [5.41, 5.74) is 3.18. The Balaban J connectivity index is 1.58. The third kappa shape index (κ3) is 5.37. The fourth-order valence-corrected chi connectivity index (χ4v) is 4.97. The summed E-state index contributed by atoms with van der Waals surface area (Å²) in [5, 5.41) is 2.99. The van der Waals surface area contributed by atoms with Crippen LogP contribution in [0.15, 0.2) is 35.5 Å². The third-order valence-corrected chi connectivity index (χ3v) is 7.52. The van der Waals surface area contributed by atoms with Gasteiger partial charge in [-0.2, -0.15) is 0 Å². The number of amides is 3. The molecule has 1 atom stereocenters. The molecule has 1 aromatic carbocycles. The molecule has 2 heterocycles. The van der Waals surface area contributed by atoms with Gasteiger partial charge in [0.25, 0.3) is 0 Å². The van der Waals surface area contributed by atoms with Gasteiger partial charge in [-0.05, 0) is 36.8 Å². The van der Waals surface area contributed by atoms with Crippen LogP contribution in [0.2, 0.25) is 0 Å². The Morgan fingerprint density at radius 2 is 1.74 bits per heavy atom. The van der Waals surface area contributed by atoms with E-state index in [9.17, 15) is 14.4 Å². The highest BCUT2D eigenvalue weighted by Crippen LogP contribution is 2.33. The van der Waals surface area contributed by atoms with E-state index in [1.165, 1.54) is 10.5 Å². The van der Waals surface area contributed by atoms with Gasteiger partial charge >= 0.3 is 12.0 Å². The van der Waals surface area contributed by atoms with E-state index in [0.717, 1.165) is 24.8 Å². The fourth-order valence-electron chi connectivity index (χ4n) is 4.97. The molecule has 8 heteroatoms. The van der Waals surface area contributed by atoms with Gasteiger partial charge in [0.2, 0.25) is 5.91 Å². The molecular formula is C27H38N4O4. The van der Waals surface area contributed by atoms with E-state index in [1.54, 1.807) is 14.0 Å². The number of likely N-dealkylation sites (N-methyl/N-ethyl adjacent to an activating group) is 1. The van der Waals surface area contributed by atoms with E-state index in [1.807, 2.05) is 29.2 Å². The maximum atomic E-state index is 13.2. The van der Waals surface area contributed by atoms with Gasteiger partial charge in [-0.15, -0.1) is 0 Å². The lowest BCUT2D eigenvalue weighted by atomic mass is 9.84. The first kappa shape index (κ1) is 25.2. The van der Waals surface area contributed by atoms with E-state index in [4.69, 9.17) is 4.74 Å². The monoisotopic (exact) mass is 482 g/mol. The Hall–Kier alpha value is -2.87. The van der Waals surface area contributed by atoms with Crippen molar-refractivity contribution in [1.82, 2.24) is 20.0 Å². The predicted molar refractivity (Wildman–Crippen MR) is 134 cm³/mol. The Morgan fingerprint density at radius 1 is 1.09 bits per heavy atom. The summed E-state index contributed by atoms with van der Waals surface area (Å²) < 4.78 is 5.45. The van der Waals surface area contributed by atoms with Crippen LogP contribution in [0, 0.1) is 5.92 Å². The molecule has 1 saturated heterocycles. The average molecular weight is 483 g/mol. The van der Waals surface area contributed by atoms with Crippen molar-refractivity contribution in [3.8, 4) is 0 Å². The van der Waals surface area contributed by atoms with E-state index >= 15 is 0 Å². The lowest BCUT2D eigenvalue weighted by Gasteiger charge is -2.41. The summed E-state index contributed by atoms with van der Waals surface area (Å²) in [6.07, 6.45) is 3.17. The minimum Gasteiger partial charge on any atom is -0.463 e. The molecule has 1 aromatic rings. The minimum atomic E-state index is -0.574. The molecule has 3 aliphatic rings. The van der Waals surface area contributed by atoms with Gasteiger partial charge in [-0.3, -0.25) is 14.6 Å². The normalized spacial score (nSPS) is 21.7. The molecule has 3 amide bonds. The van der Waals surface area contributed by atoms with Crippen molar-refractivity contribution < 1.29 is 19.1 Å². The molecule has 0 bridgehead atoms. The van der Waals surface area contributed by atoms with Gasteiger partial charge in [-0.1, -0.05) is 44.5 Å². The molecule has 1 N–H and O–H groups in total. The number of piperazine rings is 1. The van der Waals surface area contributed by atoms with E-state index in [-0.39, 0.29) is 24.5 Å². The topological polar surface area (TPSA) is 82.2 Å². The van der Waals surface area contributed by atoms with Crippen LogP contribution in [0.5, 0.6) is 0 Å². The van der Waals surface area contributed by atoms with Crippen molar-refractivity contribution in [3.63, 3.8) is 0 Å². The number of urea groups is 1. The number of carbonyl (C=O) groups is 3. The number of benzene rings is 1. The Kier molecular flexibility index (Phi) is 7.79. The van der Waals surface area contributed by atoms with E-state index in [0.29, 0.717) is 49.9 Å². The molecule has 0 aromatic heterocycles. The molecule has 1 aliphatic carbocycles. The van der Waals surface area contributed by atoms with Crippen LogP contribution in [0.4, 0.5) is 4.79 Å². The quantitative estimate of drug-likeness (QED) is 0.604. The van der Waals surface area contributed by atoms with Gasteiger partial charge < -0.3 is 15.0 Å². The molecule has 0 unspecified atom stereocenters. The highest BCUT2D eigenvalue weighted by molar-refractivity contribution is 5.95. The van der Waals surface area contributed by atoms with E-state index < -0.39 is 12.0 Å². The molecule has 4 rings (SSSR count). The van der Waals surface area contributed by atoms with Crippen molar-refractivity contribution >= 4 is 17.9 Å². The summed E-state index contributed by atoms with van der Waals surface area (Å²) in [6, 6.07) is 7.23. The number of ether oxygens (including phenoxy) is 1. The smallest absolute Gasteiger partial charge is 0.338 e. The van der Waals surface area contributed by atoms with Crippen molar-refractivity contribution in [3.05, 3.63) is 46.7 Å². The number of nitrogens with zero attached hydrogens (tertiary/aromatic N) is 3. The molecule has 190 valence electrons. The SMILES string of the molecule is CCOC(=O)C1=C(CN2CCN(C(=O)C3CCC3)CC2)N(C)C(=O)N[C@H]1c1ccc(C(C)C)cc1. The molecule has 8 nitrogen and oxygen atoms in total. The number of esters is 1. The zero-order valence-corrected chi connectivity index (χ0v) is 21.4. The standard InChI is InChI=1S/C27H38N4O4/c1-5-35-26(33)23-22(17-30-13-15-31(16-14-30)25(32)21-7-6-8-21)29(4)27(34)28-24(23)20-11-9-19(10-12-20)18(2)3/h9-12,18,21,24H,5-8,13-17H2,1-4H3,(H,28,34)/t24-/m0/s1. The van der Waals surface area contributed by atoms with Gasteiger partial charge in [0, 0.05) is 51.4 Å². The van der Waals surface area contributed by atoms with Crippen LogP contribution in [0.1, 0.15) is 63.1 Å². The molecule has 2 aliphatic heterocycles. The summed E-state index contributed by atoms with van der Waals surface area (Å²) in [4.78, 5) is 44.5. The van der Waals surface area contributed by atoms with Gasteiger partial charge in [-0.25, -0.2) is 9.59 Å². The largest absolute Gasteiger partial charge is 0.463 e. The van der Waals surface area contributed by atoms with Gasteiger partial charge in [0.1, 0.15) is 0 Å². The molecule has 0 spiro atoms. The van der Waals surface area contributed by atoms with Crippen molar-refractivity contribution in [2.24, 2.45) is 5.92 Å². The van der Waals surface area contributed by atoms with Crippen molar-refractivity contribution in [2.45, 2.75) is 52.0 Å². The number of carbonyl (C=O) groups excluding carboxylic acids is 3. The zero-order chi connectivity index (χ0) is 25.1. The number of rotatable bonds is 7. The fraction of sp³-hybridized carbons (Fsp3) is 0.593. The van der Waals surface area contributed by atoms with Crippen molar-refractivity contribution in [2.75, 3.05) is 46.4 Å². The second-order valence-electron chi connectivity index (χ2n) is 10.1. The Labute approximate surface area is 208 Å². The minimum absolute atomic E-state index is 0.204. The van der Waals surface area contributed by atoms with Crippen LogP contribution in [-0.4, -0.2) is 79.0 Å². The summed E-state index contributed by atoms with van der Waals surface area (Å²) >= 11 is 0. The maximum Gasteiger partial charge on any atom is 0.338 e. The first-order valence-corrected chi connectivity index (χ1v) is 12.9. The maximum absolute atomic E-state index is 13.2. The third-order valence-electron chi connectivity index (χ3n) is 7.52. The van der Waals surface area contributed by atoms with Crippen LogP contribution in [0.25, 0.3) is 0 Å². The second kappa shape index (κ2) is 10.8. The van der Waals surface area contributed by atoms with Crippen LogP contribution in [-0.2, 0) is 14.3 Å². The van der Waals surface area contributed by atoms with Crippen molar-refractivity contribution in [1.29, 1.82) is 0 Å². The molecule has 35 heavy (non-hydrogen) atoms. The summed E-state index contributed by atoms with van der Waals surface area (Å²) in [5.74, 6) is 0.463.